The molecule has 5 heteroatoms. The second-order valence-electron chi connectivity index (χ2n) is 3.67. The fourth-order valence-electron chi connectivity index (χ4n) is 0.541. The fourth-order valence-corrected chi connectivity index (χ4v) is 0.656. The van der Waals surface area contributed by atoms with Crippen LogP contribution in [0, 0.1) is 0 Å². The van der Waals surface area contributed by atoms with Gasteiger partial charge in [-0.3, -0.25) is 4.79 Å². The Balaban J connectivity index is 3.96. The van der Waals surface area contributed by atoms with Crippen LogP contribution in [-0.2, 0) is 9.53 Å². The molecule has 0 rings (SSSR count). The highest BCUT2D eigenvalue weighted by Gasteiger charge is 2.19. The smallest absolute Gasteiger partial charge is 0.408 e. The van der Waals surface area contributed by atoms with Crippen LogP contribution in [0.4, 0.5) is 4.79 Å². The zero-order valence-corrected chi connectivity index (χ0v) is 9.77. The quantitative estimate of drug-likeness (QED) is 0.762. The molecule has 0 saturated carbocycles. The molecule has 1 atom stereocenters. The van der Waals surface area contributed by atoms with Gasteiger partial charge in [-0.05, 0) is 43.6 Å². The SMILES string of the molecule is CC(NC(=O)OC(C)(C)C)C(=O)Br. The van der Waals surface area contributed by atoms with Crippen molar-refractivity contribution in [3.8, 4) is 0 Å². The first-order valence-corrected chi connectivity index (χ1v) is 4.70. The third kappa shape index (κ3) is 6.57. The van der Waals surface area contributed by atoms with Crippen molar-refractivity contribution in [2.24, 2.45) is 0 Å². The molecule has 0 spiro atoms. The molecule has 0 heterocycles. The summed E-state index contributed by atoms with van der Waals surface area (Å²) in [5.74, 6) is 0. The summed E-state index contributed by atoms with van der Waals surface area (Å²) in [6.07, 6.45) is -0.590. The van der Waals surface area contributed by atoms with Crippen LogP contribution >= 0.6 is 15.9 Å². The number of hydrogen-bond acceptors (Lipinski definition) is 3. The monoisotopic (exact) mass is 251 g/mol. The van der Waals surface area contributed by atoms with Crippen molar-refractivity contribution in [1.29, 1.82) is 0 Å². The molecule has 0 aliphatic heterocycles. The van der Waals surface area contributed by atoms with E-state index in [-0.39, 0.29) is 4.69 Å². The summed E-state index contributed by atoms with van der Waals surface area (Å²) >= 11 is 2.74. The largest absolute Gasteiger partial charge is 0.444 e. The number of carbonyl (C=O) groups is 2. The highest BCUT2D eigenvalue weighted by molar-refractivity contribution is 9.18. The Bertz CT molecular complexity index is 210. The number of hydrogen-bond donors (Lipinski definition) is 1. The molecule has 4 nitrogen and oxygen atoms in total. The summed E-state index contributed by atoms with van der Waals surface area (Å²) < 4.78 is 4.66. The van der Waals surface area contributed by atoms with E-state index >= 15 is 0 Å². The zero-order chi connectivity index (χ0) is 10.6. The highest BCUT2D eigenvalue weighted by Crippen LogP contribution is 2.07. The van der Waals surface area contributed by atoms with Crippen LogP contribution in [0.25, 0.3) is 0 Å². The zero-order valence-electron chi connectivity index (χ0n) is 8.18. The topological polar surface area (TPSA) is 55.4 Å². The minimum absolute atomic E-state index is 0.279. The van der Waals surface area contributed by atoms with Crippen LogP contribution in [0.5, 0.6) is 0 Å². The first kappa shape index (κ1) is 12.4. The van der Waals surface area contributed by atoms with Gasteiger partial charge in [-0.2, -0.15) is 0 Å². The normalized spacial score (nSPS) is 13.3. The molecular weight excluding hydrogens is 238 g/mol. The molecule has 0 bridgehead atoms. The van der Waals surface area contributed by atoms with Crippen molar-refractivity contribution < 1.29 is 14.3 Å². The molecule has 1 amide bonds. The van der Waals surface area contributed by atoms with Gasteiger partial charge in [0.05, 0.1) is 6.04 Å². The van der Waals surface area contributed by atoms with E-state index in [0.29, 0.717) is 0 Å². The number of carbonyl (C=O) groups excluding carboxylic acids is 2. The Morgan fingerprint density at radius 3 is 2.15 bits per heavy atom. The summed E-state index contributed by atoms with van der Waals surface area (Å²) in [5.41, 5.74) is -0.542. The molecule has 0 aromatic heterocycles. The van der Waals surface area contributed by atoms with Crippen LogP contribution in [0.3, 0.4) is 0 Å². The first-order chi connectivity index (χ1) is 5.72. The van der Waals surface area contributed by atoms with Crippen molar-refractivity contribution in [2.75, 3.05) is 0 Å². The summed E-state index contributed by atoms with van der Waals surface area (Å²) in [7, 11) is 0. The lowest BCUT2D eigenvalue weighted by molar-refractivity contribution is -0.111. The van der Waals surface area contributed by atoms with Gasteiger partial charge in [0.1, 0.15) is 5.60 Å². The van der Waals surface area contributed by atoms with Crippen molar-refractivity contribution in [2.45, 2.75) is 39.3 Å². The number of rotatable bonds is 2. The van der Waals surface area contributed by atoms with E-state index in [2.05, 4.69) is 21.2 Å². The Labute approximate surface area is 86.1 Å². The molecule has 0 radical (unpaired) electrons. The van der Waals surface area contributed by atoms with E-state index in [0.717, 1.165) is 0 Å². The molecule has 13 heavy (non-hydrogen) atoms. The van der Waals surface area contributed by atoms with Crippen molar-refractivity contribution >= 4 is 26.7 Å². The lowest BCUT2D eigenvalue weighted by Crippen LogP contribution is -2.40. The third-order valence-electron chi connectivity index (χ3n) is 1.07. The summed E-state index contributed by atoms with van der Waals surface area (Å²) in [6, 6.07) is -0.574. The number of halogens is 1. The Hall–Kier alpha value is -0.580. The molecule has 0 saturated heterocycles. The van der Waals surface area contributed by atoms with E-state index < -0.39 is 17.7 Å². The number of amides is 1. The van der Waals surface area contributed by atoms with Gasteiger partial charge in [-0.1, -0.05) is 0 Å². The second-order valence-corrected chi connectivity index (χ2v) is 4.45. The van der Waals surface area contributed by atoms with Crippen LogP contribution in [0.1, 0.15) is 27.7 Å². The Morgan fingerprint density at radius 1 is 1.38 bits per heavy atom. The van der Waals surface area contributed by atoms with E-state index in [1.54, 1.807) is 27.7 Å². The van der Waals surface area contributed by atoms with Crippen LogP contribution in [0.2, 0.25) is 0 Å². The maximum Gasteiger partial charge on any atom is 0.408 e. The second kappa shape index (κ2) is 4.60. The molecular formula is C8H14BrNO3. The van der Waals surface area contributed by atoms with Gasteiger partial charge in [0.25, 0.3) is 0 Å². The lowest BCUT2D eigenvalue weighted by atomic mass is 10.2. The average molecular weight is 252 g/mol. The maximum atomic E-state index is 11.1. The molecule has 0 aromatic carbocycles. The van der Waals surface area contributed by atoms with Crippen molar-refractivity contribution in [1.82, 2.24) is 5.32 Å². The van der Waals surface area contributed by atoms with E-state index in [9.17, 15) is 9.59 Å². The molecule has 1 N–H and O–H groups in total. The molecule has 0 fully saturated rings. The fraction of sp³-hybridized carbons (Fsp3) is 0.750. The van der Waals surface area contributed by atoms with Crippen molar-refractivity contribution in [3.05, 3.63) is 0 Å². The third-order valence-corrected chi connectivity index (χ3v) is 1.76. The minimum Gasteiger partial charge on any atom is -0.444 e. The number of ether oxygens (including phenoxy) is 1. The van der Waals surface area contributed by atoms with Gasteiger partial charge < -0.3 is 10.1 Å². The van der Waals surface area contributed by atoms with E-state index in [1.807, 2.05) is 0 Å². The van der Waals surface area contributed by atoms with Gasteiger partial charge in [0.15, 0.2) is 0 Å². The molecule has 0 aliphatic carbocycles. The molecule has 0 aromatic rings. The molecule has 0 aliphatic rings. The van der Waals surface area contributed by atoms with Gasteiger partial charge in [-0.25, -0.2) is 4.79 Å². The van der Waals surface area contributed by atoms with Gasteiger partial charge in [0, 0.05) is 0 Å². The predicted molar refractivity (Wildman–Crippen MR) is 52.8 cm³/mol. The highest BCUT2D eigenvalue weighted by atomic mass is 79.9. The van der Waals surface area contributed by atoms with Gasteiger partial charge in [0.2, 0.25) is 4.69 Å². The standard InChI is InChI=1S/C8H14BrNO3/c1-5(6(9)11)10-7(12)13-8(2,3)4/h5H,1-4H3,(H,10,12). The summed E-state index contributed by atoms with van der Waals surface area (Å²) in [6.45, 7) is 6.84. The summed E-state index contributed by atoms with van der Waals surface area (Å²) in [5, 5.41) is 2.38. The number of alkyl carbamates (subject to hydrolysis) is 1. The first-order valence-electron chi connectivity index (χ1n) is 3.91. The summed E-state index contributed by atoms with van der Waals surface area (Å²) in [4.78, 5) is 21.8. The van der Waals surface area contributed by atoms with Crippen LogP contribution in [-0.4, -0.2) is 22.4 Å². The van der Waals surface area contributed by atoms with Gasteiger partial charge in [-0.15, -0.1) is 0 Å². The lowest BCUT2D eigenvalue weighted by Gasteiger charge is -2.20. The van der Waals surface area contributed by atoms with Crippen LogP contribution < -0.4 is 5.32 Å². The average Bonchev–Trinajstić information content (AvgIpc) is 1.81. The van der Waals surface area contributed by atoms with Crippen LogP contribution in [0.15, 0.2) is 0 Å². The van der Waals surface area contributed by atoms with Crippen molar-refractivity contribution in [3.63, 3.8) is 0 Å². The molecule has 76 valence electrons. The van der Waals surface area contributed by atoms with E-state index in [1.165, 1.54) is 0 Å². The maximum absolute atomic E-state index is 11.1. The number of nitrogens with one attached hydrogen (secondary N) is 1. The predicted octanol–water partition coefficient (Wildman–Crippen LogP) is 1.82. The Morgan fingerprint density at radius 2 is 1.85 bits per heavy atom. The van der Waals surface area contributed by atoms with E-state index in [4.69, 9.17) is 4.74 Å². The minimum atomic E-state index is -0.590. The molecule has 1 unspecified atom stereocenters. The van der Waals surface area contributed by atoms with Gasteiger partial charge >= 0.3 is 6.09 Å². The Kier molecular flexibility index (Phi) is 4.39.